The van der Waals surface area contributed by atoms with E-state index in [-0.39, 0.29) is 45.3 Å². The molecule has 0 bridgehead atoms. The predicted octanol–water partition coefficient (Wildman–Crippen LogP) is 6.19. The van der Waals surface area contributed by atoms with Gasteiger partial charge < -0.3 is 0 Å². The highest BCUT2D eigenvalue weighted by atomic mass is 35.5. The van der Waals surface area contributed by atoms with Crippen molar-refractivity contribution in [3.05, 3.63) is 117 Å². The zero-order valence-corrected chi connectivity index (χ0v) is 20.9. The molecule has 2 heterocycles. The summed E-state index contributed by atoms with van der Waals surface area (Å²) in [5.74, 6) is -1.51. The minimum Gasteiger partial charge on any atom is -0.298 e. The van der Waals surface area contributed by atoms with Gasteiger partial charge in [-0.05, 0) is 56.3 Å². The molecule has 0 saturated heterocycles. The number of rotatable bonds is 5. The fourth-order valence-corrected chi connectivity index (χ4v) is 4.73. The van der Waals surface area contributed by atoms with E-state index >= 15 is 0 Å². The molecule has 0 unspecified atom stereocenters. The van der Waals surface area contributed by atoms with Crippen LogP contribution in [0.2, 0.25) is 5.02 Å². The number of aryl methyl sites for hydroxylation is 1. The second-order valence-electron chi connectivity index (χ2n) is 8.81. The van der Waals surface area contributed by atoms with Crippen molar-refractivity contribution in [1.29, 1.82) is 0 Å². The lowest BCUT2D eigenvalue weighted by atomic mass is 9.98. The molecule has 0 saturated carbocycles. The van der Waals surface area contributed by atoms with Crippen molar-refractivity contribution in [2.75, 3.05) is 0 Å². The molecule has 6 nitrogen and oxygen atoms in total. The van der Waals surface area contributed by atoms with Gasteiger partial charge in [0.2, 0.25) is 0 Å². The zero-order chi connectivity index (χ0) is 27.4. The summed E-state index contributed by atoms with van der Waals surface area (Å²) in [6.45, 7) is 3.13. The smallest absolute Gasteiger partial charge is 0.298 e. The van der Waals surface area contributed by atoms with E-state index < -0.39 is 29.3 Å². The molecule has 0 atom stereocenters. The van der Waals surface area contributed by atoms with E-state index in [0.717, 1.165) is 17.0 Å². The van der Waals surface area contributed by atoms with Crippen molar-refractivity contribution >= 4 is 29.2 Å². The number of amides is 2. The molecule has 1 aromatic heterocycles. The molecular weight excluding hydrogens is 519 g/mol. The first kappa shape index (κ1) is 25.4. The molecule has 0 N–H and O–H groups in total. The molecule has 0 fully saturated rings. The van der Waals surface area contributed by atoms with E-state index in [4.69, 9.17) is 11.6 Å². The number of carbonyl (C=O) groups excluding carboxylic acids is 3. The molecule has 5 rings (SSSR count). The highest BCUT2D eigenvalue weighted by Gasteiger charge is 2.37. The van der Waals surface area contributed by atoms with Crippen LogP contribution < -0.4 is 0 Å². The number of hydrogen-bond acceptors (Lipinski definition) is 4. The van der Waals surface area contributed by atoms with Gasteiger partial charge in [-0.2, -0.15) is 13.2 Å². The van der Waals surface area contributed by atoms with E-state index in [1.165, 1.54) is 22.8 Å². The second-order valence-corrected chi connectivity index (χ2v) is 9.22. The number of halogens is 4. The Kier molecular flexibility index (Phi) is 6.19. The van der Waals surface area contributed by atoms with Gasteiger partial charge in [-0.1, -0.05) is 35.9 Å². The average molecular weight is 538 g/mol. The number of benzene rings is 3. The Balaban J connectivity index is 1.66. The zero-order valence-electron chi connectivity index (χ0n) is 20.1. The molecule has 1 aliphatic heterocycles. The summed E-state index contributed by atoms with van der Waals surface area (Å²) in [5.41, 5.74) is 0.461. The van der Waals surface area contributed by atoms with Gasteiger partial charge in [0.1, 0.15) is 5.82 Å². The van der Waals surface area contributed by atoms with Crippen LogP contribution in [0.3, 0.4) is 0 Å². The van der Waals surface area contributed by atoms with Crippen molar-refractivity contribution in [3.63, 3.8) is 0 Å². The molecular formula is C28H19ClF3N3O3. The van der Waals surface area contributed by atoms with Crippen LogP contribution >= 0.6 is 11.6 Å². The summed E-state index contributed by atoms with van der Waals surface area (Å²) in [5, 5.41) is 0.0886. The van der Waals surface area contributed by atoms with Crippen LogP contribution in [0.1, 0.15) is 59.4 Å². The molecule has 0 spiro atoms. The Morgan fingerprint density at radius 1 is 0.895 bits per heavy atom. The lowest BCUT2D eigenvalue weighted by molar-refractivity contribution is -0.137. The molecule has 0 aliphatic carbocycles. The topological polar surface area (TPSA) is 72.3 Å². The summed E-state index contributed by atoms with van der Waals surface area (Å²) in [6.07, 6.45) is -4.70. The van der Waals surface area contributed by atoms with Crippen LogP contribution in [-0.4, -0.2) is 32.0 Å². The van der Waals surface area contributed by atoms with Gasteiger partial charge in [0.05, 0.1) is 39.6 Å². The number of imidazole rings is 1. The molecule has 2 amide bonds. The number of aromatic nitrogens is 2. The van der Waals surface area contributed by atoms with Crippen LogP contribution in [0.4, 0.5) is 13.2 Å². The van der Waals surface area contributed by atoms with Gasteiger partial charge in [-0.25, -0.2) is 4.98 Å². The Morgan fingerprint density at radius 3 is 2.11 bits per heavy atom. The summed E-state index contributed by atoms with van der Waals surface area (Å²) in [7, 11) is 0. The first-order valence-corrected chi connectivity index (χ1v) is 11.9. The molecule has 4 aromatic rings. The van der Waals surface area contributed by atoms with Crippen molar-refractivity contribution in [2.45, 2.75) is 26.6 Å². The number of fused-ring (bicyclic) bond motifs is 1. The predicted molar refractivity (Wildman–Crippen MR) is 134 cm³/mol. The van der Waals surface area contributed by atoms with E-state index in [0.29, 0.717) is 11.4 Å². The lowest BCUT2D eigenvalue weighted by Gasteiger charge is -2.19. The third kappa shape index (κ3) is 4.18. The Bertz CT molecular complexity index is 1610. The van der Waals surface area contributed by atoms with Gasteiger partial charge in [0.15, 0.2) is 5.78 Å². The Hall–Kier alpha value is -4.24. The van der Waals surface area contributed by atoms with Crippen LogP contribution in [-0.2, 0) is 12.7 Å². The maximum Gasteiger partial charge on any atom is 0.416 e. The highest BCUT2D eigenvalue weighted by Crippen LogP contribution is 2.34. The van der Waals surface area contributed by atoms with E-state index in [9.17, 15) is 27.6 Å². The van der Waals surface area contributed by atoms with Crippen LogP contribution in [0.25, 0.3) is 5.69 Å². The van der Waals surface area contributed by atoms with Crippen molar-refractivity contribution in [3.8, 4) is 5.69 Å². The highest BCUT2D eigenvalue weighted by molar-refractivity contribution is 6.35. The maximum absolute atomic E-state index is 13.7. The van der Waals surface area contributed by atoms with Gasteiger partial charge in [0.25, 0.3) is 11.8 Å². The Labute approximate surface area is 220 Å². The van der Waals surface area contributed by atoms with Gasteiger partial charge in [-0.15, -0.1) is 0 Å². The minimum atomic E-state index is -4.70. The average Bonchev–Trinajstić information content (AvgIpc) is 3.30. The number of imide groups is 1. The summed E-state index contributed by atoms with van der Waals surface area (Å²) in [6, 6.07) is 15.3. The van der Waals surface area contributed by atoms with E-state index in [2.05, 4.69) is 4.98 Å². The fraction of sp³-hybridized carbons (Fsp3) is 0.143. The van der Waals surface area contributed by atoms with Crippen molar-refractivity contribution in [1.82, 2.24) is 14.5 Å². The SMILES string of the molecule is Cc1nc(CN2C(=O)c3ccccc3C2=O)n(-c2ccc(C(F)(F)F)cc2C(=O)c2ccccc2Cl)c1C. The number of ketones is 1. The lowest BCUT2D eigenvalue weighted by Crippen LogP contribution is -2.30. The van der Waals surface area contributed by atoms with Crippen LogP contribution in [0.15, 0.2) is 66.7 Å². The number of alkyl halides is 3. The van der Waals surface area contributed by atoms with Crippen molar-refractivity contribution in [2.24, 2.45) is 0 Å². The molecule has 1 aliphatic rings. The standard InChI is InChI=1S/C28H19ClF3N3O3/c1-15-16(2)35(24(33-15)14-34-26(37)18-7-3-4-8-19(18)27(34)38)23-12-11-17(28(30,31)32)13-21(23)25(36)20-9-5-6-10-22(20)29/h3-13H,14H2,1-2H3. The molecule has 10 heteroatoms. The monoisotopic (exact) mass is 537 g/mol. The van der Waals surface area contributed by atoms with E-state index in [1.54, 1.807) is 50.2 Å². The first-order valence-electron chi connectivity index (χ1n) is 11.5. The quantitative estimate of drug-likeness (QED) is 0.225. The van der Waals surface area contributed by atoms with Crippen LogP contribution in [0, 0.1) is 13.8 Å². The summed E-state index contributed by atoms with van der Waals surface area (Å²) >= 11 is 6.21. The van der Waals surface area contributed by atoms with E-state index in [1.807, 2.05) is 0 Å². The summed E-state index contributed by atoms with van der Waals surface area (Å²) < 4.78 is 42.5. The van der Waals surface area contributed by atoms with Crippen LogP contribution in [0.5, 0.6) is 0 Å². The number of nitrogens with zero attached hydrogens (tertiary/aromatic N) is 3. The minimum absolute atomic E-state index is 0.0335. The normalized spacial score (nSPS) is 13.3. The van der Waals surface area contributed by atoms with Gasteiger partial charge in [-0.3, -0.25) is 23.9 Å². The van der Waals surface area contributed by atoms with Gasteiger partial charge >= 0.3 is 6.18 Å². The van der Waals surface area contributed by atoms with Gasteiger partial charge in [0, 0.05) is 16.8 Å². The second kappa shape index (κ2) is 9.25. The third-order valence-corrected chi connectivity index (χ3v) is 6.85. The molecule has 192 valence electrons. The molecule has 38 heavy (non-hydrogen) atoms. The fourth-order valence-electron chi connectivity index (χ4n) is 4.51. The van der Waals surface area contributed by atoms with Crippen molar-refractivity contribution < 1.29 is 27.6 Å². The summed E-state index contributed by atoms with van der Waals surface area (Å²) in [4.78, 5) is 45.0. The number of carbonyl (C=O) groups is 3. The molecule has 0 radical (unpaired) electrons. The third-order valence-electron chi connectivity index (χ3n) is 6.52. The Morgan fingerprint density at radius 2 is 1.50 bits per heavy atom. The number of hydrogen-bond donors (Lipinski definition) is 0. The maximum atomic E-state index is 13.7. The molecule has 3 aromatic carbocycles. The largest absolute Gasteiger partial charge is 0.416 e. The first-order chi connectivity index (χ1) is 18.0.